The molecule has 384 valence electrons. The lowest BCUT2D eigenvalue weighted by Crippen LogP contribution is -2.44. The van der Waals surface area contributed by atoms with Gasteiger partial charge >= 0.3 is 0 Å². The van der Waals surface area contributed by atoms with E-state index in [1.165, 1.54) is 18.0 Å². The van der Waals surface area contributed by atoms with E-state index in [1.807, 2.05) is 58.0 Å². The number of aromatic nitrogens is 4. The zero-order chi connectivity index (χ0) is 52.2. The summed E-state index contributed by atoms with van der Waals surface area (Å²) in [7, 11) is 10.8. The van der Waals surface area contributed by atoms with E-state index in [-0.39, 0.29) is 11.8 Å². The van der Waals surface area contributed by atoms with Crippen LogP contribution in [0.1, 0.15) is 72.7 Å². The first-order valence-electron chi connectivity index (χ1n) is 24.2. The zero-order valence-corrected chi connectivity index (χ0v) is 44.5. The van der Waals surface area contributed by atoms with Gasteiger partial charge in [0.05, 0.1) is 60.5 Å². The van der Waals surface area contributed by atoms with Gasteiger partial charge in [0.25, 0.3) is 11.8 Å². The highest BCUT2D eigenvalue weighted by Crippen LogP contribution is 2.36. The predicted molar refractivity (Wildman–Crippen MR) is 295 cm³/mol. The number of methoxy groups -OCH3 is 2. The van der Waals surface area contributed by atoms with Crippen molar-refractivity contribution >= 4 is 87.0 Å². The molecule has 6 N–H and O–H groups in total. The van der Waals surface area contributed by atoms with E-state index in [1.54, 1.807) is 64.7 Å². The number of likely N-dealkylation sites (tertiary alicyclic amines) is 1. The molecule has 0 saturated carbocycles. The van der Waals surface area contributed by atoms with E-state index in [0.717, 1.165) is 74.9 Å². The molecule has 19 heteroatoms. The van der Waals surface area contributed by atoms with Gasteiger partial charge in [-0.2, -0.15) is 9.97 Å². The number of piperidine rings is 1. The van der Waals surface area contributed by atoms with Crippen LogP contribution < -0.4 is 46.3 Å². The van der Waals surface area contributed by atoms with Crippen molar-refractivity contribution in [3.63, 3.8) is 0 Å². The van der Waals surface area contributed by atoms with E-state index >= 15 is 0 Å². The van der Waals surface area contributed by atoms with Crippen LogP contribution in [0.4, 0.5) is 52.0 Å². The fourth-order valence-corrected chi connectivity index (χ4v) is 8.10. The lowest BCUT2D eigenvalue weighted by molar-refractivity contribution is 0.0956. The highest BCUT2D eigenvalue weighted by molar-refractivity contribution is 6.33. The number of para-hydroxylation sites is 2. The Bertz CT molecular complexity index is 2510. The average molecular weight is 1020 g/mol. The first-order valence-corrected chi connectivity index (χ1v) is 25.0. The van der Waals surface area contributed by atoms with Gasteiger partial charge in [0.15, 0.2) is 11.6 Å². The topological polar surface area (TPSA) is 186 Å². The molecule has 0 spiro atoms. The molecule has 0 atom stereocenters. The molecular weight excluding hydrogens is 954 g/mol. The molecule has 72 heavy (non-hydrogen) atoms. The first kappa shape index (κ1) is 56.0. The number of rotatable bonds is 14. The zero-order valence-electron chi connectivity index (χ0n) is 43.0. The van der Waals surface area contributed by atoms with E-state index in [2.05, 4.69) is 98.8 Å². The van der Waals surface area contributed by atoms with Crippen LogP contribution >= 0.6 is 23.2 Å². The molecule has 6 aromatic rings. The summed E-state index contributed by atoms with van der Waals surface area (Å²) in [5, 5.41) is 18.7. The average Bonchev–Trinajstić information content (AvgIpc) is 3.42. The molecule has 0 bridgehead atoms. The van der Waals surface area contributed by atoms with Crippen molar-refractivity contribution in [2.24, 2.45) is 0 Å². The summed E-state index contributed by atoms with van der Waals surface area (Å²) in [5.74, 6) is 2.99. The highest BCUT2D eigenvalue weighted by atomic mass is 35.5. The fourth-order valence-electron chi connectivity index (χ4n) is 7.83. The Morgan fingerprint density at radius 1 is 0.569 bits per heavy atom. The molecule has 2 aliphatic rings. The van der Waals surface area contributed by atoms with Crippen molar-refractivity contribution in [3.05, 3.63) is 124 Å². The molecule has 2 saturated heterocycles. The van der Waals surface area contributed by atoms with Gasteiger partial charge in [0.1, 0.15) is 21.5 Å². The van der Waals surface area contributed by atoms with Crippen LogP contribution in [0.25, 0.3) is 0 Å². The van der Waals surface area contributed by atoms with Crippen LogP contribution in [-0.2, 0) is 0 Å². The number of halogens is 2. The van der Waals surface area contributed by atoms with E-state index in [0.29, 0.717) is 67.7 Å². The summed E-state index contributed by atoms with van der Waals surface area (Å²) in [6.07, 6.45) is 5.30. The third-order valence-corrected chi connectivity index (χ3v) is 12.3. The van der Waals surface area contributed by atoms with Gasteiger partial charge in [-0.05, 0) is 100 Å². The van der Waals surface area contributed by atoms with E-state index < -0.39 is 0 Å². The minimum atomic E-state index is -0.211. The number of nitrogens with zero attached hydrogens (tertiary/aromatic N) is 7. The maximum absolute atomic E-state index is 12.2. The maximum Gasteiger partial charge on any atom is 0.253 e. The number of ether oxygens (including phenoxy) is 2. The predicted octanol–water partition coefficient (Wildman–Crippen LogP) is 10.6. The molecule has 0 unspecified atom stereocenters. The van der Waals surface area contributed by atoms with Crippen molar-refractivity contribution in [2.45, 2.75) is 46.5 Å². The Labute approximate surface area is 434 Å². The highest BCUT2D eigenvalue weighted by Gasteiger charge is 2.21. The van der Waals surface area contributed by atoms with Gasteiger partial charge in [-0.3, -0.25) is 9.59 Å². The van der Waals surface area contributed by atoms with Crippen molar-refractivity contribution in [1.82, 2.24) is 40.4 Å². The van der Waals surface area contributed by atoms with Crippen LogP contribution in [0.5, 0.6) is 11.5 Å². The second-order valence-corrected chi connectivity index (χ2v) is 17.1. The molecular formula is C53H69Cl2N13O4. The largest absolute Gasteiger partial charge is 0.495 e. The number of amides is 2. The smallest absolute Gasteiger partial charge is 0.253 e. The number of anilines is 9. The lowest BCUT2D eigenvalue weighted by Gasteiger charge is -2.34. The van der Waals surface area contributed by atoms with E-state index in [4.69, 9.17) is 32.7 Å². The molecule has 17 nitrogen and oxygen atoms in total. The van der Waals surface area contributed by atoms with Crippen molar-refractivity contribution in [1.29, 1.82) is 0 Å². The Morgan fingerprint density at radius 3 is 1.49 bits per heavy atom. The molecule has 2 aromatic heterocycles. The quantitative estimate of drug-likeness (QED) is 0.0605. The minimum absolute atomic E-state index is 0.207. The number of piperazine rings is 1. The molecule has 2 amide bonds. The number of likely N-dealkylation sites (N-methyl/N-ethyl adjacent to an activating group) is 1. The van der Waals surface area contributed by atoms with Crippen LogP contribution in [-0.4, -0.2) is 123 Å². The lowest BCUT2D eigenvalue weighted by atomic mass is 9.89. The molecule has 2 fully saturated rings. The second-order valence-electron chi connectivity index (χ2n) is 16.2. The summed E-state index contributed by atoms with van der Waals surface area (Å²) < 4.78 is 11.3. The molecule has 0 aliphatic carbocycles. The number of hydrogen-bond acceptors (Lipinski definition) is 15. The van der Waals surface area contributed by atoms with Gasteiger partial charge in [-0.1, -0.05) is 81.2 Å². The van der Waals surface area contributed by atoms with Crippen LogP contribution in [0, 0.1) is 0 Å². The van der Waals surface area contributed by atoms with E-state index in [9.17, 15) is 9.59 Å². The summed E-state index contributed by atoms with van der Waals surface area (Å²) in [6, 6.07) is 26.5. The molecule has 4 heterocycles. The number of benzene rings is 4. The normalized spacial score (nSPS) is 13.6. The Morgan fingerprint density at radius 2 is 1.01 bits per heavy atom. The van der Waals surface area contributed by atoms with Crippen molar-refractivity contribution in [3.8, 4) is 11.5 Å². The fraction of sp³-hybridized carbons (Fsp3) is 0.358. The monoisotopic (exact) mass is 1020 g/mol. The Kier molecular flexibility index (Phi) is 21.9. The Hall–Kier alpha value is -6.92. The number of carbonyl (C=O) groups excluding carboxylic acids is 2. The third-order valence-electron chi connectivity index (χ3n) is 11.8. The molecule has 4 aromatic carbocycles. The summed E-state index contributed by atoms with van der Waals surface area (Å²) in [6.45, 7) is 14.2. The maximum atomic E-state index is 12.2. The van der Waals surface area contributed by atoms with Crippen LogP contribution in [0.15, 0.2) is 97.3 Å². The standard InChI is InChI=1S/C25H29ClN6O2.C24H28ClN7O2.2C2H6/c1-27-24(33)18-6-4-5-7-20(18)29-23-19(26)15-28-25(31-23)30-21-9-8-17(14-22(21)34-3)16-10-12-32(2)13-11-16;1-26-23(33)17-6-4-5-7-19(17)28-22-18(25)15-27-24(30-22)29-20-9-8-16(14-21(20)34-3)32-12-10-31(2)11-13-32;2*1-2/h4-9,14-16H,10-13H2,1-3H3,(H,27,33)(H2,28,29,30,31);4-9,14-15H,10-13H2,1-3H3,(H,26,33)(H2,27,28,29,30);2*1-2H3. The number of carbonyl (C=O) groups is 2. The molecule has 2 aliphatic heterocycles. The van der Waals surface area contributed by atoms with Crippen LogP contribution in [0.2, 0.25) is 10.0 Å². The summed E-state index contributed by atoms with van der Waals surface area (Å²) in [4.78, 5) is 49.1. The second kappa shape index (κ2) is 28.2. The summed E-state index contributed by atoms with van der Waals surface area (Å²) in [5.41, 5.74) is 6.03. The van der Waals surface area contributed by atoms with Gasteiger partial charge in [0.2, 0.25) is 11.9 Å². The van der Waals surface area contributed by atoms with Crippen LogP contribution in [0.3, 0.4) is 0 Å². The minimum Gasteiger partial charge on any atom is -0.495 e. The van der Waals surface area contributed by atoms with Gasteiger partial charge in [-0.25, -0.2) is 9.97 Å². The number of hydrogen-bond donors (Lipinski definition) is 6. The summed E-state index contributed by atoms with van der Waals surface area (Å²) >= 11 is 12.7. The molecule has 0 radical (unpaired) electrons. The van der Waals surface area contributed by atoms with Crippen molar-refractivity contribution in [2.75, 3.05) is 108 Å². The third kappa shape index (κ3) is 15.1. The van der Waals surface area contributed by atoms with Gasteiger partial charge in [0, 0.05) is 52.0 Å². The van der Waals surface area contributed by atoms with Gasteiger partial charge in [-0.15, -0.1) is 0 Å². The SMILES string of the molecule is CC.CC.CNC(=O)c1ccccc1Nc1nc(Nc2ccc(C3CCN(C)CC3)cc2OC)ncc1Cl.CNC(=O)c1ccccc1Nc1nc(Nc2ccc(N3CCN(C)CC3)cc2OC)ncc1Cl. The van der Waals surface area contributed by atoms with Gasteiger partial charge < -0.3 is 56.1 Å². The van der Waals surface area contributed by atoms with Crippen molar-refractivity contribution < 1.29 is 19.1 Å². The first-order chi connectivity index (χ1) is 35.0. The number of nitrogens with one attached hydrogen (secondary N) is 6. The Balaban J connectivity index is 0.000000250. The molecule has 8 rings (SSSR count).